The van der Waals surface area contributed by atoms with E-state index >= 15 is 0 Å². The standard InChI is InChI=1S/C12H16N4O/c1-9-7-11(14-2)10(8-15-9)12(17)16(3)6-4-5-13/h7-8H,4,6H2,1-3H3,(H,14,15). The Morgan fingerprint density at radius 3 is 2.94 bits per heavy atom. The van der Waals surface area contributed by atoms with Gasteiger partial charge in [-0.05, 0) is 13.0 Å². The molecule has 1 N–H and O–H groups in total. The highest BCUT2D eigenvalue weighted by molar-refractivity contribution is 5.99. The zero-order chi connectivity index (χ0) is 12.8. The maximum absolute atomic E-state index is 12.1. The average molecular weight is 232 g/mol. The van der Waals surface area contributed by atoms with E-state index in [4.69, 9.17) is 5.26 Å². The molecule has 5 heteroatoms. The summed E-state index contributed by atoms with van der Waals surface area (Å²) in [5, 5.41) is 11.5. The fraction of sp³-hybridized carbons (Fsp3) is 0.417. The van der Waals surface area contributed by atoms with Gasteiger partial charge in [-0.25, -0.2) is 0 Å². The minimum Gasteiger partial charge on any atom is -0.387 e. The molecule has 1 aromatic rings. The van der Waals surface area contributed by atoms with E-state index in [0.717, 1.165) is 11.4 Å². The zero-order valence-electron chi connectivity index (χ0n) is 10.3. The molecule has 5 nitrogen and oxygen atoms in total. The minimum absolute atomic E-state index is 0.128. The highest BCUT2D eigenvalue weighted by Gasteiger charge is 2.15. The lowest BCUT2D eigenvalue weighted by Gasteiger charge is -2.17. The van der Waals surface area contributed by atoms with Crippen molar-refractivity contribution in [1.29, 1.82) is 5.26 Å². The SMILES string of the molecule is CNc1cc(C)ncc1C(=O)N(C)CCC#N. The van der Waals surface area contributed by atoms with Gasteiger partial charge in [-0.15, -0.1) is 0 Å². The number of aromatic nitrogens is 1. The van der Waals surface area contributed by atoms with Crippen molar-refractivity contribution in [3.05, 3.63) is 23.5 Å². The smallest absolute Gasteiger partial charge is 0.257 e. The topological polar surface area (TPSA) is 69.0 Å². The molecule has 0 radical (unpaired) electrons. The number of carbonyl (C=O) groups excluding carboxylic acids is 1. The second-order valence-electron chi connectivity index (χ2n) is 3.76. The zero-order valence-corrected chi connectivity index (χ0v) is 10.3. The van der Waals surface area contributed by atoms with Gasteiger partial charge in [-0.2, -0.15) is 5.26 Å². The van der Waals surface area contributed by atoms with E-state index in [1.807, 2.05) is 19.1 Å². The normalized spacial score (nSPS) is 9.53. The van der Waals surface area contributed by atoms with Gasteiger partial charge in [0.25, 0.3) is 5.91 Å². The number of hydrogen-bond acceptors (Lipinski definition) is 4. The molecule has 0 spiro atoms. The Bertz CT molecular complexity index is 450. The Morgan fingerprint density at radius 2 is 2.35 bits per heavy atom. The van der Waals surface area contributed by atoms with Crippen LogP contribution in [0.4, 0.5) is 5.69 Å². The van der Waals surface area contributed by atoms with Crippen LogP contribution in [0.25, 0.3) is 0 Å². The van der Waals surface area contributed by atoms with Crippen LogP contribution >= 0.6 is 0 Å². The highest BCUT2D eigenvalue weighted by atomic mass is 16.2. The summed E-state index contributed by atoms with van der Waals surface area (Å²) in [5.74, 6) is -0.128. The molecule has 1 aromatic heterocycles. The third kappa shape index (κ3) is 3.18. The summed E-state index contributed by atoms with van der Waals surface area (Å²) in [5.41, 5.74) is 2.13. The molecule has 1 amide bonds. The molecular formula is C12H16N4O. The first-order valence-electron chi connectivity index (χ1n) is 5.37. The van der Waals surface area contributed by atoms with Crippen molar-refractivity contribution in [3.63, 3.8) is 0 Å². The number of pyridine rings is 1. The molecule has 0 unspecified atom stereocenters. The lowest BCUT2D eigenvalue weighted by Crippen LogP contribution is -2.28. The van der Waals surface area contributed by atoms with E-state index in [1.54, 1.807) is 20.3 Å². The maximum atomic E-state index is 12.1. The number of amides is 1. The van der Waals surface area contributed by atoms with Crippen molar-refractivity contribution in [2.24, 2.45) is 0 Å². The van der Waals surface area contributed by atoms with Crippen LogP contribution in [-0.4, -0.2) is 36.4 Å². The fourth-order valence-electron chi connectivity index (χ4n) is 1.46. The number of nitriles is 1. The Morgan fingerprint density at radius 1 is 1.65 bits per heavy atom. The van der Waals surface area contributed by atoms with Gasteiger partial charge in [0.2, 0.25) is 0 Å². The predicted octanol–water partition coefficient (Wildman–Crippen LogP) is 1.42. The number of nitrogens with zero attached hydrogens (tertiary/aromatic N) is 3. The molecule has 0 bridgehead atoms. The lowest BCUT2D eigenvalue weighted by molar-refractivity contribution is 0.0798. The number of hydrogen-bond donors (Lipinski definition) is 1. The van der Waals surface area contributed by atoms with Crippen molar-refractivity contribution in [2.75, 3.05) is 26.0 Å². The van der Waals surface area contributed by atoms with E-state index in [0.29, 0.717) is 18.5 Å². The highest BCUT2D eigenvalue weighted by Crippen LogP contribution is 2.16. The Balaban J connectivity index is 2.92. The van der Waals surface area contributed by atoms with Crippen LogP contribution in [0.5, 0.6) is 0 Å². The largest absolute Gasteiger partial charge is 0.387 e. The molecule has 0 atom stereocenters. The van der Waals surface area contributed by atoms with Gasteiger partial charge in [0.1, 0.15) is 0 Å². The van der Waals surface area contributed by atoms with Crippen molar-refractivity contribution in [3.8, 4) is 6.07 Å². The van der Waals surface area contributed by atoms with E-state index < -0.39 is 0 Å². The Hall–Kier alpha value is -2.09. The van der Waals surface area contributed by atoms with Gasteiger partial charge in [0.15, 0.2) is 0 Å². The van der Waals surface area contributed by atoms with E-state index in [2.05, 4.69) is 10.3 Å². The molecule has 0 fully saturated rings. The number of nitrogens with one attached hydrogen (secondary N) is 1. The van der Waals surface area contributed by atoms with Crippen molar-refractivity contribution in [2.45, 2.75) is 13.3 Å². The monoisotopic (exact) mass is 232 g/mol. The number of anilines is 1. The Kier molecular flexibility index (Phi) is 4.46. The van der Waals surface area contributed by atoms with Crippen LogP contribution in [-0.2, 0) is 0 Å². The average Bonchev–Trinajstić information content (AvgIpc) is 2.34. The first-order chi connectivity index (χ1) is 8.10. The van der Waals surface area contributed by atoms with Gasteiger partial charge in [-0.1, -0.05) is 0 Å². The van der Waals surface area contributed by atoms with Gasteiger partial charge in [0, 0.05) is 32.5 Å². The quantitative estimate of drug-likeness (QED) is 0.852. The Labute approximate surface area is 101 Å². The summed E-state index contributed by atoms with van der Waals surface area (Å²) in [6.45, 7) is 2.29. The predicted molar refractivity (Wildman–Crippen MR) is 65.7 cm³/mol. The number of aryl methyl sites for hydroxylation is 1. The van der Waals surface area contributed by atoms with Crippen LogP contribution in [0, 0.1) is 18.3 Å². The minimum atomic E-state index is -0.128. The second-order valence-corrected chi connectivity index (χ2v) is 3.76. The molecule has 17 heavy (non-hydrogen) atoms. The maximum Gasteiger partial charge on any atom is 0.257 e. The van der Waals surface area contributed by atoms with E-state index in [9.17, 15) is 4.79 Å². The summed E-state index contributed by atoms with van der Waals surface area (Å²) < 4.78 is 0. The molecule has 0 aliphatic carbocycles. The third-order valence-corrected chi connectivity index (χ3v) is 2.45. The van der Waals surface area contributed by atoms with Crippen molar-refractivity contribution >= 4 is 11.6 Å². The molecule has 0 aliphatic rings. The summed E-state index contributed by atoms with van der Waals surface area (Å²) in [6.07, 6.45) is 1.89. The number of rotatable bonds is 4. The molecule has 0 aliphatic heterocycles. The molecule has 90 valence electrons. The summed E-state index contributed by atoms with van der Waals surface area (Å²) in [6, 6.07) is 3.84. The summed E-state index contributed by atoms with van der Waals surface area (Å²) in [7, 11) is 3.44. The van der Waals surface area contributed by atoms with Gasteiger partial charge >= 0.3 is 0 Å². The van der Waals surface area contributed by atoms with Crippen LogP contribution in [0.15, 0.2) is 12.3 Å². The summed E-state index contributed by atoms with van der Waals surface area (Å²) >= 11 is 0. The molecule has 0 saturated heterocycles. The van der Waals surface area contributed by atoms with Crippen molar-refractivity contribution < 1.29 is 4.79 Å². The third-order valence-electron chi connectivity index (χ3n) is 2.45. The van der Waals surface area contributed by atoms with E-state index in [1.165, 1.54) is 4.90 Å². The van der Waals surface area contributed by atoms with Crippen molar-refractivity contribution in [1.82, 2.24) is 9.88 Å². The van der Waals surface area contributed by atoms with Gasteiger partial charge in [0.05, 0.1) is 23.7 Å². The first-order valence-corrected chi connectivity index (χ1v) is 5.37. The molecule has 0 saturated carbocycles. The molecule has 1 heterocycles. The molecular weight excluding hydrogens is 216 g/mol. The van der Waals surface area contributed by atoms with Crippen LogP contribution < -0.4 is 5.32 Å². The first kappa shape index (κ1) is 13.0. The van der Waals surface area contributed by atoms with Crippen LogP contribution in [0.3, 0.4) is 0 Å². The summed E-state index contributed by atoms with van der Waals surface area (Å²) in [4.78, 5) is 17.7. The fourth-order valence-corrected chi connectivity index (χ4v) is 1.46. The second kappa shape index (κ2) is 5.85. The van der Waals surface area contributed by atoms with Gasteiger partial charge in [-0.3, -0.25) is 9.78 Å². The van der Waals surface area contributed by atoms with Crippen LogP contribution in [0.1, 0.15) is 22.5 Å². The van der Waals surface area contributed by atoms with E-state index in [-0.39, 0.29) is 5.91 Å². The molecule has 1 rings (SSSR count). The lowest BCUT2D eigenvalue weighted by atomic mass is 10.2. The van der Waals surface area contributed by atoms with Gasteiger partial charge < -0.3 is 10.2 Å². The van der Waals surface area contributed by atoms with Crippen LogP contribution in [0.2, 0.25) is 0 Å². The number of carbonyl (C=O) groups is 1. The molecule has 0 aromatic carbocycles.